The third-order valence-corrected chi connectivity index (χ3v) is 8.79. The predicted octanol–water partition coefficient (Wildman–Crippen LogP) is 6.56. The average molecular weight is 661 g/mol. The van der Waals surface area contributed by atoms with E-state index in [0.29, 0.717) is 43.9 Å². The molecule has 0 saturated carbocycles. The molecule has 0 aromatic heterocycles. The Bertz CT molecular complexity index is 1870. The van der Waals surface area contributed by atoms with Gasteiger partial charge >= 0.3 is 0 Å². The maximum Gasteiger partial charge on any atom is 0.272 e. The first-order valence-corrected chi connectivity index (χ1v) is 15.3. The second-order valence-corrected chi connectivity index (χ2v) is 12.0. The Morgan fingerprint density at radius 3 is 2.47 bits per heavy atom. The molecule has 2 N–H and O–H groups in total. The number of carbonyl (C=O) groups excluding carboxylic acids is 4. The minimum absolute atomic E-state index is 0.00499. The van der Waals surface area contributed by atoms with Gasteiger partial charge in [0.25, 0.3) is 11.8 Å². The summed E-state index contributed by atoms with van der Waals surface area (Å²) in [7, 11) is 0. The number of nitrogens with one attached hydrogen (secondary N) is 2. The highest BCUT2D eigenvalue weighted by molar-refractivity contribution is 8.00. The Hall–Kier alpha value is -4.77. The van der Waals surface area contributed by atoms with Crippen molar-refractivity contribution in [1.82, 2.24) is 5.32 Å². The Balaban J connectivity index is 1.20. The van der Waals surface area contributed by atoms with Gasteiger partial charge in [-0.05, 0) is 72.3 Å². The SMILES string of the molecule is O=C(Nc1cccc(SC2CC(=O)N(c3ccc(Cl)c(Cl)c3)C2=O)c1)/C(=C/c1ccc2c(c1)OCO2)NC(=O)c1ccccc1. The topological polar surface area (TPSA) is 114 Å². The fourth-order valence-electron chi connectivity index (χ4n) is 4.71. The molecule has 2 aliphatic heterocycles. The first-order valence-electron chi connectivity index (χ1n) is 13.6. The molecular weight excluding hydrogens is 637 g/mol. The monoisotopic (exact) mass is 659 g/mol. The lowest BCUT2D eigenvalue weighted by Crippen LogP contribution is -2.31. The predicted molar refractivity (Wildman–Crippen MR) is 173 cm³/mol. The van der Waals surface area contributed by atoms with Gasteiger partial charge in [0.05, 0.1) is 21.0 Å². The van der Waals surface area contributed by atoms with Crippen molar-refractivity contribution < 1.29 is 28.7 Å². The second kappa shape index (κ2) is 13.1. The molecular formula is C33H23Cl2N3O6S. The van der Waals surface area contributed by atoms with E-state index in [2.05, 4.69) is 10.6 Å². The van der Waals surface area contributed by atoms with Crippen LogP contribution in [0.3, 0.4) is 0 Å². The minimum atomic E-state index is -0.676. The van der Waals surface area contributed by atoms with Crippen molar-refractivity contribution in [1.29, 1.82) is 0 Å². The van der Waals surface area contributed by atoms with Gasteiger partial charge < -0.3 is 20.1 Å². The van der Waals surface area contributed by atoms with Gasteiger partial charge in [-0.15, -0.1) is 11.8 Å². The third-order valence-electron chi connectivity index (χ3n) is 6.87. The van der Waals surface area contributed by atoms with Crippen LogP contribution in [0, 0.1) is 0 Å². The van der Waals surface area contributed by atoms with Gasteiger partial charge in [0.2, 0.25) is 18.6 Å². The van der Waals surface area contributed by atoms with E-state index < -0.39 is 17.1 Å². The zero-order valence-corrected chi connectivity index (χ0v) is 25.6. The van der Waals surface area contributed by atoms with Crippen molar-refractivity contribution in [2.75, 3.05) is 17.0 Å². The summed E-state index contributed by atoms with van der Waals surface area (Å²) in [5, 5.41) is 5.41. The van der Waals surface area contributed by atoms with Gasteiger partial charge in [-0.1, -0.05) is 53.5 Å². The molecule has 0 radical (unpaired) electrons. The van der Waals surface area contributed by atoms with Crippen LogP contribution in [0.1, 0.15) is 22.3 Å². The normalized spacial score (nSPS) is 15.7. The van der Waals surface area contributed by atoms with Crippen LogP contribution < -0.4 is 25.0 Å². The van der Waals surface area contributed by atoms with Crippen molar-refractivity contribution >= 4 is 76.0 Å². The summed E-state index contributed by atoms with van der Waals surface area (Å²) in [4.78, 5) is 54.3. The van der Waals surface area contributed by atoms with Gasteiger partial charge in [0.15, 0.2) is 11.5 Å². The van der Waals surface area contributed by atoms with Gasteiger partial charge in [-0.3, -0.25) is 19.2 Å². The van der Waals surface area contributed by atoms with Crippen molar-refractivity contribution in [3.63, 3.8) is 0 Å². The van der Waals surface area contributed by atoms with Gasteiger partial charge in [0, 0.05) is 22.6 Å². The molecule has 1 unspecified atom stereocenters. The van der Waals surface area contributed by atoms with Crippen molar-refractivity contribution in [3.8, 4) is 11.5 Å². The molecule has 0 bridgehead atoms. The molecule has 1 atom stereocenters. The molecule has 2 aliphatic rings. The maximum atomic E-state index is 13.5. The number of hydrogen-bond acceptors (Lipinski definition) is 7. The van der Waals surface area contributed by atoms with E-state index in [1.807, 2.05) is 0 Å². The summed E-state index contributed by atoms with van der Waals surface area (Å²) in [6.07, 6.45) is 1.53. The van der Waals surface area contributed by atoms with E-state index in [4.69, 9.17) is 32.7 Å². The first-order chi connectivity index (χ1) is 21.7. The summed E-state index contributed by atoms with van der Waals surface area (Å²) >= 11 is 13.3. The van der Waals surface area contributed by atoms with E-state index in [-0.39, 0.29) is 35.7 Å². The molecule has 226 valence electrons. The molecule has 9 nitrogen and oxygen atoms in total. The Labute approximate surface area is 272 Å². The maximum absolute atomic E-state index is 13.5. The fourth-order valence-corrected chi connectivity index (χ4v) is 6.12. The van der Waals surface area contributed by atoms with Crippen molar-refractivity contribution in [3.05, 3.63) is 118 Å². The summed E-state index contributed by atoms with van der Waals surface area (Å²) in [6, 6.07) is 25.2. The first kappa shape index (κ1) is 30.3. The number of imide groups is 1. The van der Waals surface area contributed by atoms with Crippen LogP contribution >= 0.6 is 35.0 Å². The van der Waals surface area contributed by atoms with Crippen LogP contribution in [0.5, 0.6) is 11.5 Å². The Kier molecular flexibility index (Phi) is 8.79. The van der Waals surface area contributed by atoms with Gasteiger partial charge in [0.1, 0.15) is 5.70 Å². The zero-order chi connectivity index (χ0) is 31.5. The molecule has 1 saturated heterocycles. The molecule has 0 spiro atoms. The summed E-state index contributed by atoms with van der Waals surface area (Å²) < 4.78 is 10.8. The van der Waals surface area contributed by atoms with Crippen LogP contribution in [0.25, 0.3) is 6.08 Å². The van der Waals surface area contributed by atoms with Crippen molar-refractivity contribution in [2.24, 2.45) is 0 Å². The molecule has 4 aromatic carbocycles. The van der Waals surface area contributed by atoms with E-state index in [9.17, 15) is 19.2 Å². The molecule has 2 heterocycles. The highest BCUT2D eigenvalue weighted by Crippen LogP contribution is 2.37. The smallest absolute Gasteiger partial charge is 0.272 e. The fraction of sp³-hybridized carbons (Fsp3) is 0.0909. The number of amides is 4. The lowest BCUT2D eigenvalue weighted by Gasteiger charge is -2.16. The zero-order valence-electron chi connectivity index (χ0n) is 23.3. The number of carbonyl (C=O) groups is 4. The average Bonchev–Trinajstić information content (AvgIpc) is 3.61. The van der Waals surface area contributed by atoms with Gasteiger partial charge in [-0.2, -0.15) is 0 Å². The third kappa shape index (κ3) is 6.83. The number of fused-ring (bicyclic) bond motifs is 1. The number of benzene rings is 4. The number of halogens is 2. The lowest BCUT2D eigenvalue weighted by atomic mass is 10.1. The van der Waals surface area contributed by atoms with E-state index >= 15 is 0 Å². The number of nitrogens with zero attached hydrogens (tertiary/aromatic N) is 1. The van der Waals surface area contributed by atoms with E-state index in [0.717, 1.165) is 4.90 Å². The molecule has 6 rings (SSSR count). The molecule has 0 aliphatic carbocycles. The number of ether oxygens (including phenoxy) is 2. The number of thioether (sulfide) groups is 1. The van der Waals surface area contributed by atoms with Crippen molar-refractivity contribution in [2.45, 2.75) is 16.6 Å². The minimum Gasteiger partial charge on any atom is -0.454 e. The standard InChI is InChI=1S/C33H23Cl2N3O6S/c34-24-11-10-22(16-25(24)35)38-30(39)17-29(33(38)42)45-23-8-4-7-21(15-23)36-32(41)26(37-31(40)20-5-2-1-3-6-20)13-19-9-12-27-28(14-19)44-18-43-27/h1-16,29H,17-18H2,(H,36,41)(H,37,40)/b26-13-. The van der Waals surface area contributed by atoms with Gasteiger partial charge in [-0.25, -0.2) is 4.90 Å². The number of rotatable bonds is 8. The molecule has 4 aromatic rings. The molecule has 4 amide bonds. The van der Waals surface area contributed by atoms with E-state index in [1.54, 1.807) is 78.9 Å². The molecule has 12 heteroatoms. The largest absolute Gasteiger partial charge is 0.454 e. The quantitative estimate of drug-likeness (QED) is 0.163. The van der Waals surface area contributed by atoms with Crippen LogP contribution in [0.15, 0.2) is 102 Å². The highest BCUT2D eigenvalue weighted by Gasteiger charge is 2.40. The highest BCUT2D eigenvalue weighted by atomic mass is 35.5. The summed E-state index contributed by atoms with van der Waals surface area (Å²) in [5.74, 6) is -0.651. The summed E-state index contributed by atoms with van der Waals surface area (Å²) in [6.45, 7) is 0.100. The number of hydrogen-bond donors (Lipinski definition) is 2. The summed E-state index contributed by atoms with van der Waals surface area (Å²) in [5.41, 5.74) is 1.76. The Morgan fingerprint density at radius 2 is 1.67 bits per heavy atom. The Morgan fingerprint density at radius 1 is 0.867 bits per heavy atom. The van der Waals surface area contributed by atoms with Crippen LogP contribution in [0.2, 0.25) is 10.0 Å². The molecule has 1 fully saturated rings. The molecule has 45 heavy (non-hydrogen) atoms. The second-order valence-electron chi connectivity index (χ2n) is 9.95. The van der Waals surface area contributed by atoms with E-state index in [1.165, 1.54) is 30.0 Å². The van der Waals surface area contributed by atoms with Crippen LogP contribution in [-0.4, -0.2) is 35.7 Å². The van der Waals surface area contributed by atoms with Crippen LogP contribution in [0.4, 0.5) is 11.4 Å². The number of anilines is 2. The van der Waals surface area contributed by atoms with Crippen LogP contribution in [-0.2, 0) is 14.4 Å². The lowest BCUT2D eigenvalue weighted by molar-refractivity contribution is -0.121.